The maximum atomic E-state index is 12.3. The highest BCUT2D eigenvalue weighted by molar-refractivity contribution is 5.94. The summed E-state index contributed by atoms with van der Waals surface area (Å²) < 4.78 is 10.7. The van der Waals surface area contributed by atoms with Crippen molar-refractivity contribution >= 4 is 5.91 Å². The quantitative estimate of drug-likeness (QED) is 0.819. The van der Waals surface area contributed by atoms with Gasteiger partial charge in [-0.1, -0.05) is 0 Å². The fraction of sp³-hybridized carbons (Fsp3) is 0.533. The Morgan fingerprint density at radius 2 is 2.05 bits per heavy atom. The highest BCUT2D eigenvalue weighted by atomic mass is 16.5. The van der Waals surface area contributed by atoms with E-state index in [0.29, 0.717) is 13.2 Å². The molecular formula is C15H21NO3. The third-order valence-corrected chi connectivity index (χ3v) is 3.30. The normalized spacial score (nSPS) is 14.7. The molecule has 0 spiro atoms. The molecule has 0 unspecified atom stereocenters. The van der Waals surface area contributed by atoms with E-state index in [1.165, 1.54) is 0 Å². The van der Waals surface area contributed by atoms with Crippen LogP contribution in [0.25, 0.3) is 0 Å². The van der Waals surface area contributed by atoms with Crippen molar-refractivity contribution in [3.05, 3.63) is 29.3 Å². The second-order valence-electron chi connectivity index (χ2n) is 4.69. The van der Waals surface area contributed by atoms with Crippen LogP contribution in [-0.4, -0.2) is 37.6 Å². The third-order valence-electron chi connectivity index (χ3n) is 3.30. The first kappa shape index (κ1) is 13.9. The molecule has 1 aliphatic heterocycles. The highest BCUT2D eigenvalue weighted by Crippen LogP contribution is 2.23. The van der Waals surface area contributed by atoms with Crippen LogP contribution in [0.4, 0.5) is 0 Å². The summed E-state index contributed by atoms with van der Waals surface area (Å²) in [5, 5.41) is 0. The number of rotatable bonds is 5. The molecular weight excluding hydrogens is 242 g/mol. The fourth-order valence-corrected chi connectivity index (χ4v) is 2.38. The van der Waals surface area contributed by atoms with Crippen LogP contribution in [0.1, 0.15) is 35.7 Å². The van der Waals surface area contributed by atoms with Crippen molar-refractivity contribution < 1.29 is 14.3 Å². The molecule has 4 heteroatoms. The summed E-state index contributed by atoms with van der Waals surface area (Å²) in [6, 6.07) is 5.58. The molecule has 1 heterocycles. The molecule has 0 saturated carbocycles. The van der Waals surface area contributed by atoms with E-state index in [-0.39, 0.29) is 5.91 Å². The third kappa shape index (κ3) is 3.26. The maximum absolute atomic E-state index is 12.3. The standard InChI is InChI=1S/C15H21NO3/c1-3-19-14-7-6-12(10-13(14)11-18-2)15(17)16-8-4-5-9-16/h6-7,10H,3-5,8-9,11H2,1-2H3. The molecule has 1 amide bonds. The molecule has 19 heavy (non-hydrogen) atoms. The van der Waals surface area contributed by atoms with Gasteiger partial charge in [0, 0.05) is 31.3 Å². The van der Waals surface area contributed by atoms with Crippen LogP contribution in [0, 0.1) is 0 Å². The molecule has 0 radical (unpaired) electrons. The topological polar surface area (TPSA) is 38.8 Å². The predicted octanol–water partition coefficient (Wildman–Crippen LogP) is 2.47. The Morgan fingerprint density at radius 1 is 1.32 bits per heavy atom. The molecule has 1 aromatic rings. The number of methoxy groups -OCH3 is 1. The van der Waals surface area contributed by atoms with Crippen molar-refractivity contribution in [3.8, 4) is 5.75 Å². The minimum Gasteiger partial charge on any atom is -0.494 e. The van der Waals surface area contributed by atoms with E-state index in [2.05, 4.69) is 0 Å². The molecule has 104 valence electrons. The summed E-state index contributed by atoms with van der Waals surface area (Å²) in [6.45, 7) is 4.74. The summed E-state index contributed by atoms with van der Waals surface area (Å²) in [6.07, 6.45) is 2.21. The van der Waals surface area contributed by atoms with E-state index in [9.17, 15) is 4.79 Å². The van der Waals surface area contributed by atoms with Crippen LogP contribution in [0.2, 0.25) is 0 Å². The number of nitrogens with zero attached hydrogens (tertiary/aromatic N) is 1. The predicted molar refractivity (Wildman–Crippen MR) is 73.5 cm³/mol. The van der Waals surface area contributed by atoms with Gasteiger partial charge in [-0.2, -0.15) is 0 Å². The van der Waals surface area contributed by atoms with Crippen molar-refractivity contribution in [2.75, 3.05) is 26.8 Å². The maximum Gasteiger partial charge on any atom is 0.253 e. The van der Waals surface area contributed by atoms with Gasteiger partial charge < -0.3 is 14.4 Å². The lowest BCUT2D eigenvalue weighted by atomic mass is 10.1. The Labute approximate surface area is 114 Å². The number of benzene rings is 1. The zero-order valence-corrected chi connectivity index (χ0v) is 11.6. The lowest BCUT2D eigenvalue weighted by molar-refractivity contribution is 0.0792. The molecule has 0 atom stereocenters. The SMILES string of the molecule is CCOc1ccc(C(=O)N2CCCC2)cc1COC. The van der Waals surface area contributed by atoms with Gasteiger partial charge in [0.2, 0.25) is 0 Å². The van der Waals surface area contributed by atoms with Crippen LogP contribution < -0.4 is 4.74 Å². The van der Waals surface area contributed by atoms with E-state index >= 15 is 0 Å². The van der Waals surface area contributed by atoms with E-state index in [1.54, 1.807) is 7.11 Å². The van der Waals surface area contributed by atoms with Gasteiger partial charge in [-0.15, -0.1) is 0 Å². The summed E-state index contributed by atoms with van der Waals surface area (Å²) in [5.74, 6) is 0.903. The van der Waals surface area contributed by atoms with Gasteiger partial charge in [0.15, 0.2) is 0 Å². The summed E-state index contributed by atoms with van der Waals surface area (Å²) in [5.41, 5.74) is 1.65. The van der Waals surface area contributed by atoms with E-state index in [4.69, 9.17) is 9.47 Å². The van der Waals surface area contributed by atoms with Crippen molar-refractivity contribution in [1.29, 1.82) is 0 Å². The van der Waals surface area contributed by atoms with E-state index in [1.807, 2.05) is 30.0 Å². The molecule has 0 aliphatic carbocycles. The van der Waals surface area contributed by atoms with E-state index < -0.39 is 0 Å². The number of carbonyl (C=O) groups excluding carboxylic acids is 1. The van der Waals surface area contributed by atoms with Gasteiger partial charge in [0.25, 0.3) is 5.91 Å². The first-order valence-corrected chi connectivity index (χ1v) is 6.80. The summed E-state index contributed by atoms with van der Waals surface area (Å²) >= 11 is 0. The Kier molecular flexibility index (Phi) is 4.80. The number of amides is 1. The Morgan fingerprint density at radius 3 is 2.68 bits per heavy atom. The number of hydrogen-bond donors (Lipinski definition) is 0. The second-order valence-corrected chi connectivity index (χ2v) is 4.69. The fourth-order valence-electron chi connectivity index (χ4n) is 2.38. The van der Waals surface area contributed by atoms with E-state index in [0.717, 1.165) is 42.8 Å². The number of carbonyl (C=O) groups is 1. The lowest BCUT2D eigenvalue weighted by Crippen LogP contribution is -2.27. The molecule has 1 aliphatic rings. The van der Waals surface area contributed by atoms with Gasteiger partial charge in [-0.3, -0.25) is 4.79 Å². The average molecular weight is 263 g/mol. The molecule has 4 nitrogen and oxygen atoms in total. The Balaban J connectivity index is 2.21. The van der Waals surface area contributed by atoms with Gasteiger partial charge >= 0.3 is 0 Å². The summed E-state index contributed by atoms with van der Waals surface area (Å²) in [4.78, 5) is 14.2. The minimum absolute atomic E-state index is 0.109. The highest BCUT2D eigenvalue weighted by Gasteiger charge is 2.20. The van der Waals surface area contributed by atoms with Crippen LogP contribution in [0.5, 0.6) is 5.75 Å². The van der Waals surface area contributed by atoms with Gasteiger partial charge in [-0.05, 0) is 38.0 Å². The lowest BCUT2D eigenvalue weighted by Gasteiger charge is -2.17. The largest absolute Gasteiger partial charge is 0.494 e. The zero-order chi connectivity index (χ0) is 13.7. The molecule has 0 aromatic heterocycles. The van der Waals surface area contributed by atoms with Crippen LogP contribution in [0.3, 0.4) is 0 Å². The molecule has 1 saturated heterocycles. The summed E-state index contributed by atoms with van der Waals surface area (Å²) in [7, 11) is 1.64. The average Bonchev–Trinajstić information content (AvgIpc) is 2.94. The zero-order valence-electron chi connectivity index (χ0n) is 11.6. The molecule has 1 fully saturated rings. The van der Waals surface area contributed by atoms with Gasteiger partial charge in [0.1, 0.15) is 5.75 Å². The van der Waals surface area contributed by atoms with Gasteiger partial charge in [-0.25, -0.2) is 0 Å². The van der Waals surface area contributed by atoms with Crippen molar-refractivity contribution in [1.82, 2.24) is 4.90 Å². The molecule has 0 bridgehead atoms. The number of ether oxygens (including phenoxy) is 2. The second kappa shape index (κ2) is 6.57. The van der Waals surface area contributed by atoms with Gasteiger partial charge in [0.05, 0.1) is 13.2 Å². The van der Waals surface area contributed by atoms with Crippen molar-refractivity contribution in [2.45, 2.75) is 26.4 Å². The van der Waals surface area contributed by atoms with Crippen molar-refractivity contribution in [2.24, 2.45) is 0 Å². The smallest absolute Gasteiger partial charge is 0.253 e. The Hall–Kier alpha value is -1.55. The molecule has 0 N–H and O–H groups in total. The molecule has 1 aromatic carbocycles. The van der Waals surface area contributed by atoms with Crippen LogP contribution in [0.15, 0.2) is 18.2 Å². The first-order valence-electron chi connectivity index (χ1n) is 6.80. The Bertz CT molecular complexity index is 439. The first-order chi connectivity index (χ1) is 9.26. The minimum atomic E-state index is 0.109. The van der Waals surface area contributed by atoms with Crippen LogP contribution >= 0.6 is 0 Å². The monoisotopic (exact) mass is 263 g/mol. The number of likely N-dealkylation sites (tertiary alicyclic amines) is 1. The van der Waals surface area contributed by atoms with Crippen LogP contribution in [-0.2, 0) is 11.3 Å². The van der Waals surface area contributed by atoms with Crippen molar-refractivity contribution in [3.63, 3.8) is 0 Å². The molecule has 2 rings (SSSR count). The number of hydrogen-bond acceptors (Lipinski definition) is 3.